The highest BCUT2D eigenvalue weighted by atomic mass is 16.3. The number of rotatable bonds is 4. The van der Waals surface area contributed by atoms with Crippen LogP contribution in [0.25, 0.3) is 11.5 Å². The lowest BCUT2D eigenvalue weighted by atomic mass is 10.2. The summed E-state index contributed by atoms with van der Waals surface area (Å²) in [6, 6.07) is 15.0. The smallest absolute Gasteiger partial charge is 0.270 e. The van der Waals surface area contributed by atoms with Crippen molar-refractivity contribution in [3.8, 4) is 11.5 Å². The molecule has 0 aliphatic carbocycles. The number of hydrogen-bond acceptors (Lipinski definition) is 4. The van der Waals surface area contributed by atoms with Crippen molar-refractivity contribution in [2.24, 2.45) is 0 Å². The molecule has 0 aliphatic heterocycles. The summed E-state index contributed by atoms with van der Waals surface area (Å²) in [6.07, 6.45) is 1.55. The molecule has 5 nitrogen and oxygen atoms in total. The average Bonchev–Trinajstić information content (AvgIpc) is 3.02. The number of carbonyl (C=O) groups is 1. The summed E-state index contributed by atoms with van der Waals surface area (Å²) in [4.78, 5) is 20.6. The molecule has 0 spiro atoms. The Bertz CT molecular complexity index is 781. The summed E-state index contributed by atoms with van der Waals surface area (Å²) in [5, 5.41) is 2.78. The Labute approximate surface area is 128 Å². The first-order chi connectivity index (χ1) is 10.7. The summed E-state index contributed by atoms with van der Waals surface area (Å²) >= 11 is 0. The van der Waals surface area contributed by atoms with Gasteiger partial charge in [-0.05, 0) is 31.2 Å². The highest BCUT2D eigenvalue weighted by Crippen LogP contribution is 2.17. The first kappa shape index (κ1) is 14.0. The van der Waals surface area contributed by atoms with Crippen LogP contribution in [0.5, 0.6) is 0 Å². The van der Waals surface area contributed by atoms with Gasteiger partial charge in [-0.15, -0.1) is 0 Å². The molecular formula is C17H15N3O2. The lowest BCUT2D eigenvalue weighted by molar-refractivity contribution is 0.0945. The molecule has 0 bridgehead atoms. The molecule has 22 heavy (non-hydrogen) atoms. The van der Waals surface area contributed by atoms with Crippen molar-refractivity contribution in [3.05, 3.63) is 71.9 Å². The van der Waals surface area contributed by atoms with Gasteiger partial charge in [0.1, 0.15) is 12.0 Å². The topological polar surface area (TPSA) is 68.0 Å². The minimum Gasteiger partial charge on any atom is -0.444 e. The predicted octanol–water partition coefficient (Wildman–Crippen LogP) is 2.98. The fourth-order valence-electron chi connectivity index (χ4n) is 2.03. The Kier molecular flexibility index (Phi) is 3.96. The molecule has 3 aromatic rings. The maximum Gasteiger partial charge on any atom is 0.270 e. The van der Waals surface area contributed by atoms with E-state index in [1.807, 2.05) is 43.3 Å². The van der Waals surface area contributed by atoms with Crippen molar-refractivity contribution in [1.29, 1.82) is 0 Å². The maximum absolute atomic E-state index is 12.0. The van der Waals surface area contributed by atoms with Crippen LogP contribution in [0.4, 0.5) is 0 Å². The lowest BCUT2D eigenvalue weighted by Gasteiger charge is -2.02. The summed E-state index contributed by atoms with van der Waals surface area (Å²) < 4.78 is 5.43. The Hall–Kier alpha value is -2.95. The average molecular weight is 293 g/mol. The number of nitrogens with one attached hydrogen (secondary N) is 1. The Balaban J connectivity index is 1.65. The van der Waals surface area contributed by atoms with E-state index < -0.39 is 0 Å². The van der Waals surface area contributed by atoms with Gasteiger partial charge in [-0.25, -0.2) is 9.97 Å². The number of hydrogen-bond donors (Lipinski definition) is 1. The van der Waals surface area contributed by atoms with E-state index in [9.17, 15) is 4.79 Å². The van der Waals surface area contributed by atoms with E-state index in [1.165, 1.54) is 0 Å². The molecule has 110 valence electrons. The quantitative estimate of drug-likeness (QED) is 0.803. The van der Waals surface area contributed by atoms with Gasteiger partial charge < -0.3 is 9.73 Å². The fourth-order valence-corrected chi connectivity index (χ4v) is 2.03. The number of pyridine rings is 1. The van der Waals surface area contributed by atoms with Crippen LogP contribution in [0.3, 0.4) is 0 Å². The Morgan fingerprint density at radius 3 is 2.68 bits per heavy atom. The second-order valence-corrected chi connectivity index (χ2v) is 4.86. The van der Waals surface area contributed by atoms with Gasteiger partial charge in [0.05, 0.1) is 12.2 Å². The second-order valence-electron chi connectivity index (χ2n) is 4.86. The van der Waals surface area contributed by atoms with Gasteiger partial charge in [-0.3, -0.25) is 4.79 Å². The second kappa shape index (κ2) is 6.22. The van der Waals surface area contributed by atoms with E-state index in [0.717, 1.165) is 11.3 Å². The van der Waals surface area contributed by atoms with E-state index >= 15 is 0 Å². The van der Waals surface area contributed by atoms with Crippen LogP contribution >= 0.6 is 0 Å². The molecule has 1 aromatic carbocycles. The van der Waals surface area contributed by atoms with Crippen molar-refractivity contribution in [2.75, 3.05) is 0 Å². The predicted molar refractivity (Wildman–Crippen MR) is 82.1 cm³/mol. The largest absolute Gasteiger partial charge is 0.444 e. The fraction of sp³-hybridized carbons (Fsp3) is 0.118. The number of oxazole rings is 1. The maximum atomic E-state index is 12.0. The standard InChI is InChI=1S/C17H15N3O2/c1-12-6-5-9-15(19-12)16(21)18-10-14-11-22-17(20-14)13-7-3-2-4-8-13/h2-9,11H,10H2,1H3,(H,18,21). The number of benzene rings is 1. The molecule has 0 aliphatic rings. The summed E-state index contributed by atoms with van der Waals surface area (Å²) in [5.41, 5.74) is 2.77. The third-order valence-electron chi connectivity index (χ3n) is 3.12. The monoisotopic (exact) mass is 293 g/mol. The van der Waals surface area contributed by atoms with E-state index in [4.69, 9.17) is 4.42 Å². The number of aromatic nitrogens is 2. The zero-order valence-electron chi connectivity index (χ0n) is 12.1. The van der Waals surface area contributed by atoms with Gasteiger partial charge >= 0.3 is 0 Å². The van der Waals surface area contributed by atoms with E-state index in [-0.39, 0.29) is 5.91 Å². The molecule has 0 saturated carbocycles. The van der Waals surface area contributed by atoms with Crippen LogP contribution in [0.15, 0.2) is 59.2 Å². The van der Waals surface area contributed by atoms with Gasteiger partial charge in [-0.2, -0.15) is 0 Å². The minimum absolute atomic E-state index is 0.229. The summed E-state index contributed by atoms with van der Waals surface area (Å²) in [5.74, 6) is 0.312. The van der Waals surface area contributed by atoms with Crippen molar-refractivity contribution in [2.45, 2.75) is 13.5 Å². The molecule has 3 rings (SSSR count). The lowest BCUT2D eigenvalue weighted by Crippen LogP contribution is -2.24. The van der Waals surface area contributed by atoms with Crippen LogP contribution in [-0.4, -0.2) is 15.9 Å². The van der Waals surface area contributed by atoms with Crippen LogP contribution in [-0.2, 0) is 6.54 Å². The molecule has 0 fully saturated rings. The van der Waals surface area contributed by atoms with Crippen molar-refractivity contribution < 1.29 is 9.21 Å². The Morgan fingerprint density at radius 1 is 1.09 bits per heavy atom. The molecule has 0 saturated heterocycles. The van der Waals surface area contributed by atoms with Crippen LogP contribution < -0.4 is 5.32 Å². The molecular weight excluding hydrogens is 278 g/mol. The van der Waals surface area contributed by atoms with Crippen molar-refractivity contribution >= 4 is 5.91 Å². The number of nitrogens with zero attached hydrogens (tertiary/aromatic N) is 2. The van der Waals surface area contributed by atoms with Crippen LogP contribution in [0, 0.1) is 6.92 Å². The van der Waals surface area contributed by atoms with Crippen molar-refractivity contribution in [3.63, 3.8) is 0 Å². The highest BCUT2D eigenvalue weighted by Gasteiger charge is 2.10. The van der Waals surface area contributed by atoms with Gasteiger partial charge in [0.15, 0.2) is 0 Å². The van der Waals surface area contributed by atoms with Gasteiger partial charge in [0.25, 0.3) is 5.91 Å². The molecule has 1 N–H and O–H groups in total. The zero-order chi connectivity index (χ0) is 15.4. The van der Waals surface area contributed by atoms with Crippen molar-refractivity contribution in [1.82, 2.24) is 15.3 Å². The van der Waals surface area contributed by atoms with E-state index in [2.05, 4.69) is 15.3 Å². The molecule has 5 heteroatoms. The summed E-state index contributed by atoms with van der Waals surface area (Å²) in [7, 11) is 0. The van der Waals surface area contributed by atoms with E-state index in [1.54, 1.807) is 18.4 Å². The molecule has 0 unspecified atom stereocenters. The number of carbonyl (C=O) groups excluding carboxylic acids is 1. The highest BCUT2D eigenvalue weighted by molar-refractivity contribution is 5.92. The van der Waals surface area contributed by atoms with Crippen LogP contribution in [0.2, 0.25) is 0 Å². The third kappa shape index (κ3) is 3.20. The first-order valence-corrected chi connectivity index (χ1v) is 6.94. The molecule has 2 aromatic heterocycles. The first-order valence-electron chi connectivity index (χ1n) is 6.94. The van der Waals surface area contributed by atoms with Gasteiger partial charge in [0.2, 0.25) is 5.89 Å². The van der Waals surface area contributed by atoms with E-state index in [0.29, 0.717) is 23.8 Å². The Morgan fingerprint density at radius 2 is 1.91 bits per heavy atom. The normalized spacial score (nSPS) is 10.4. The van der Waals surface area contributed by atoms with Gasteiger partial charge in [-0.1, -0.05) is 24.3 Å². The SMILES string of the molecule is Cc1cccc(C(=O)NCc2coc(-c3ccccc3)n2)n1. The zero-order valence-corrected chi connectivity index (χ0v) is 12.1. The molecule has 2 heterocycles. The number of aryl methyl sites for hydroxylation is 1. The molecule has 0 atom stereocenters. The number of amides is 1. The summed E-state index contributed by atoms with van der Waals surface area (Å²) in [6.45, 7) is 2.14. The molecule has 1 amide bonds. The van der Waals surface area contributed by atoms with Crippen LogP contribution in [0.1, 0.15) is 21.9 Å². The minimum atomic E-state index is -0.229. The third-order valence-corrected chi connectivity index (χ3v) is 3.12. The van der Waals surface area contributed by atoms with Gasteiger partial charge in [0, 0.05) is 11.3 Å². The molecule has 0 radical (unpaired) electrons.